The molecule has 2 atom stereocenters. The average molecular weight is 281 g/mol. The first-order chi connectivity index (χ1) is 9.67. The van der Waals surface area contributed by atoms with Gasteiger partial charge in [-0.15, -0.1) is 0 Å². The molecule has 20 heavy (non-hydrogen) atoms. The highest BCUT2D eigenvalue weighted by Gasteiger charge is 2.19. The molecule has 1 N–H and O–H groups in total. The zero-order chi connectivity index (χ0) is 15.0. The molecule has 114 valence electrons. The number of nitrogens with one attached hydrogen (secondary N) is 1. The second-order valence-electron chi connectivity index (χ2n) is 4.55. The second-order valence-corrected chi connectivity index (χ2v) is 4.55. The fourth-order valence-electron chi connectivity index (χ4n) is 2.17. The summed E-state index contributed by atoms with van der Waals surface area (Å²) < 4.78 is 16.7. The highest BCUT2D eigenvalue weighted by atomic mass is 16.5. The summed E-state index contributed by atoms with van der Waals surface area (Å²) in [4.78, 5) is 0. The van der Waals surface area contributed by atoms with Crippen LogP contribution in [-0.4, -0.2) is 33.0 Å². The molecule has 0 bridgehead atoms. The molecule has 4 nitrogen and oxygen atoms in total. The highest BCUT2D eigenvalue weighted by Crippen LogP contribution is 2.32. The first-order valence-electron chi connectivity index (χ1n) is 7.33. The first-order valence-corrected chi connectivity index (χ1v) is 7.33. The van der Waals surface area contributed by atoms with Crippen LogP contribution in [0.1, 0.15) is 39.3 Å². The van der Waals surface area contributed by atoms with Crippen molar-refractivity contribution in [2.24, 2.45) is 0 Å². The van der Waals surface area contributed by atoms with Crippen LogP contribution in [-0.2, 0) is 4.74 Å². The lowest BCUT2D eigenvalue weighted by molar-refractivity contribution is 0.0834. The molecular formula is C16H27NO3. The minimum Gasteiger partial charge on any atom is -0.490 e. The Morgan fingerprint density at radius 3 is 2.25 bits per heavy atom. The van der Waals surface area contributed by atoms with Crippen LogP contribution in [0, 0.1) is 0 Å². The fourth-order valence-corrected chi connectivity index (χ4v) is 2.17. The van der Waals surface area contributed by atoms with Crippen LogP contribution in [0.3, 0.4) is 0 Å². The summed E-state index contributed by atoms with van der Waals surface area (Å²) in [5, 5.41) is 3.45. The topological polar surface area (TPSA) is 39.7 Å². The molecular weight excluding hydrogens is 254 g/mol. The molecule has 0 radical (unpaired) electrons. The van der Waals surface area contributed by atoms with Crippen molar-refractivity contribution in [2.45, 2.75) is 39.8 Å². The Hall–Kier alpha value is -1.26. The van der Waals surface area contributed by atoms with Crippen molar-refractivity contribution in [1.82, 2.24) is 5.32 Å². The van der Waals surface area contributed by atoms with E-state index in [2.05, 4.69) is 25.2 Å². The third kappa shape index (κ3) is 4.39. The van der Waals surface area contributed by atoms with Gasteiger partial charge >= 0.3 is 0 Å². The van der Waals surface area contributed by atoms with Gasteiger partial charge in [-0.1, -0.05) is 13.0 Å². The van der Waals surface area contributed by atoms with Crippen molar-refractivity contribution in [1.29, 1.82) is 0 Å². The van der Waals surface area contributed by atoms with Crippen molar-refractivity contribution in [2.75, 3.05) is 26.9 Å². The van der Waals surface area contributed by atoms with Crippen molar-refractivity contribution in [3.63, 3.8) is 0 Å². The second kappa shape index (κ2) is 8.82. The predicted molar refractivity (Wildman–Crippen MR) is 81.7 cm³/mol. The Morgan fingerprint density at radius 2 is 1.70 bits per heavy atom. The Labute approximate surface area is 122 Å². The zero-order valence-electron chi connectivity index (χ0n) is 13.2. The lowest BCUT2D eigenvalue weighted by atomic mass is 10.0. The third-order valence-electron chi connectivity index (χ3n) is 3.19. The lowest BCUT2D eigenvalue weighted by Crippen LogP contribution is -2.31. The third-order valence-corrected chi connectivity index (χ3v) is 3.19. The summed E-state index contributed by atoms with van der Waals surface area (Å²) in [6.45, 7) is 10.2. The Kier molecular flexibility index (Phi) is 7.41. The minimum atomic E-state index is 0.0855. The summed E-state index contributed by atoms with van der Waals surface area (Å²) in [5.41, 5.74) is 1.15. The zero-order valence-corrected chi connectivity index (χ0v) is 13.2. The van der Waals surface area contributed by atoms with Crippen LogP contribution in [0.5, 0.6) is 11.5 Å². The van der Waals surface area contributed by atoms with Crippen LogP contribution in [0.25, 0.3) is 0 Å². The fraction of sp³-hybridized carbons (Fsp3) is 0.625. The van der Waals surface area contributed by atoms with E-state index in [-0.39, 0.29) is 12.1 Å². The minimum absolute atomic E-state index is 0.0855. The van der Waals surface area contributed by atoms with Crippen LogP contribution < -0.4 is 14.8 Å². The van der Waals surface area contributed by atoms with Crippen molar-refractivity contribution in [3.05, 3.63) is 23.8 Å². The van der Waals surface area contributed by atoms with Crippen molar-refractivity contribution in [3.8, 4) is 11.5 Å². The summed E-state index contributed by atoms with van der Waals surface area (Å²) in [7, 11) is 1.73. The molecule has 0 saturated carbocycles. The number of hydrogen-bond acceptors (Lipinski definition) is 4. The smallest absolute Gasteiger partial charge is 0.161 e. The van der Waals surface area contributed by atoms with Gasteiger partial charge in [-0.25, -0.2) is 0 Å². The molecule has 1 rings (SSSR count). The van der Waals surface area contributed by atoms with E-state index in [0.29, 0.717) is 13.2 Å². The van der Waals surface area contributed by atoms with Gasteiger partial charge in [-0.2, -0.15) is 0 Å². The summed E-state index contributed by atoms with van der Waals surface area (Å²) in [5.74, 6) is 1.58. The molecule has 0 saturated heterocycles. The largest absolute Gasteiger partial charge is 0.490 e. The van der Waals surface area contributed by atoms with Gasteiger partial charge in [-0.05, 0) is 45.0 Å². The van der Waals surface area contributed by atoms with Crippen LogP contribution in [0.15, 0.2) is 18.2 Å². The number of methoxy groups -OCH3 is 1. The van der Waals surface area contributed by atoms with E-state index in [1.807, 2.05) is 26.0 Å². The van der Waals surface area contributed by atoms with Gasteiger partial charge in [0.1, 0.15) is 0 Å². The van der Waals surface area contributed by atoms with Crippen LogP contribution >= 0.6 is 0 Å². The van der Waals surface area contributed by atoms with Crippen LogP contribution in [0.4, 0.5) is 0 Å². The predicted octanol–water partition coefficient (Wildman–Crippen LogP) is 3.17. The van der Waals surface area contributed by atoms with Gasteiger partial charge in [0, 0.05) is 7.11 Å². The molecule has 0 heterocycles. The van der Waals surface area contributed by atoms with E-state index in [1.54, 1.807) is 7.11 Å². The van der Waals surface area contributed by atoms with Gasteiger partial charge in [-0.3, -0.25) is 0 Å². The Balaban J connectivity index is 3.06. The van der Waals surface area contributed by atoms with E-state index >= 15 is 0 Å². The van der Waals surface area contributed by atoms with E-state index in [0.717, 1.165) is 23.6 Å². The van der Waals surface area contributed by atoms with Gasteiger partial charge < -0.3 is 19.5 Å². The van der Waals surface area contributed by atoms with Gasteiger partial charge in [0.05, 0.1) is 25.4 Å². The van der Waals surface area contributed by atoms with Gasteiger partial charge in [0.2, 0.25) is 0 Å². The highest BCUT2D eigenvalue weighted by molar-refractivity contribution is 5.44. The maximum Gasteiger partial charge on any atom is 0.161 e. The monoisotopic (exact) mass is 281 g/mol. The Bertz CT molecular complexity index is 395. The van der Waals surface area contributed by atoms with E-state index in [9.17, 15) is 0 Å². The Morgan fingerprint density at radius 1 is 1.05 bits per heavy atom. The van der Waals surface area contributed by atoms with E-state index < -0.39 is 0 Å². The maximum atomic E-state index is 5.68. The molecule has 4 heteroatoms. The molecule has 1 aromatic carbocycles. The molecule has 0 aliphatic carbocycles. The molecule has 0 fully saturated rings. The first kappa shape index (κ1) is 16.8. The number of likely N-dealkylation sites (N-methyl/N-ethyl adjacent to an activating group) is 1. The molecule has 2 unspecified atom stereocenters. The maximum absolute atomic E-state index is 5.68. The molecule has 0 spiro atoms. The average Bonchev–Trinajstić information content (AvgIpc) is 2.46. The summed E-state index contributed by atoms with van der Waals surface area (Å²) >= 11 is 0. The molecule has 0 aliphatic rings. The number of hydrogen-bond donors (Lipinski definition) is 1. The van der Waals surface area contributed by atoms with E-state index in [1.165, 1.54) is 0 Å². The summed E-state index contributed by atoms with van der Waals surface area (Å²) in [6.07, 6.45) is 0.0855. The standard InChI is InChI=1S/C16H27NO3/c1-6-17-16(12(4)18-5)13-9-10-14(19-7-2)15(11-13)20-8-3/h9-12,16-17H,6-8H2,1-5H3. The molecule has 0 amide bonds. The van der Waals surface area contributed by atoms with Gasteiger partial charge in [0.15, 0.2) is 11.5 Å². The molecule has 0 aliphatic heterocycles. The van der Waals surface area contributed by atoms with Crippen molar-refractivity contribution < 1.29 is 14.2 Å². The SMILES string of the molecule is CCNC(c1ccc(OCC)c(OCC)c1)C(C)OC. The quantitative estimate of drug-likeness (QED) is 0.754. The summed E-state index contributed by atoms with van der Waals surface area (Å²) in [6, 6.07) is 6.21. The van der Waals surface area contributed by atoms with Crippen LogP contribution in [0.2, 0.25) is 0 Å². The lowest BCUT2D eigenvalue weighted by Gasteiger charge is -2.25. The molecule has 0 aromatic heterocycles. The van der Waals surface area contributed by atoms with Crippen molar-refractivity contribution >= 4 is 0 Å². The molecule has 1 aromatic rings. The number of rotatable bonds is 9. The number of ether oxygens (including phenoxy) is 3. The normalized spacial score (nSPS) is 13.8. The van der Waals surface area contributed by atoms with Gasteiger partial charge in [0.25, 0.3) is 0 Å². The number of benzene rings is 1. The van der Waals surface area contributed by atoms with E-state index in [4.69, 9.17) is 14.2 Å².